The SMILES string of the molecule is O=C(O)CCCCC(=O)NC(=O)Nc1ccc(F)c(Br)c1. The van der Waals surface area contributed by atoms with Gasteiger partial charge >= 0.3 is 12.0 Å². The molecule has 0 heterocycles. The Hall–Kier alpha value is -1.96. The van der Waals surface area contributed by atoms with E-state index in [1.807, 2.05) is 0 Å². The number of carboxylic acid groups (broad SMARTS) is 1. The summed E-state index contributed by atoms with van der Waals surface area (Å²) in [6.45, 7) is 0. The molecule has 0 aliphatic carbocycles. The average Bonchev–Trinajstić information content (AvgIpc) is 2.38. The lowest BCUT2D eigenvalue weighted by Crippen LogP contribution is -2.34. The first-order chi connectivity index (χ1) is 9.88. The van der Waals surface area contributed by atoms with E-state index in [0.717, 1.165) is 0 Å². The third kappa shape index (κ3) is 6.84. The molecule has 0 fully saturated rings. The second-order valence-corrected chi connectivity index (χ2v) is 5.09. The molecule has 3 amide bonds. The molecule has 1 rings (SSSR count). The molecule has 0 aliphatic heterocycles. The number of rotatable bonds is 6. The molecule has 1 aromatic rings. The summed E-state index contributed by atoms with van der Waals surface area (Å²) >= 11 is 2.98. The van der Waals surface area contributed by atoms with E-state index in [0.29, 0.717) is 18.5 Å². The quantitative estimate of drug-likeness (QED) is 0.679. The number of carboxylic acids is 1. The third-order valence-electron chi connectivity index (χ3n) is 2.47. The number of amides is 3. The van der Waals surface area contributed by atoms with Gasteiger partial charge < -0.3 is 10.4 Å². The molecule has 0 radical (unpaired) electrons. The maximum absolute atomic E-state index is 13.0. The zero-order valence-electron chi connectivity index (χ0n) is 11.0. The number of anilines is 1. The number of carbonyl (C=O) groups excluding carboxylic acids is 2. The minimum atomic E-state index is -0.921. The molecule has 0 saturated carbocycles. The van der Waals surface area contributed by atoms with E-state index in [-0.39, 0.29) is 17.3 Å². The maximum Gasteiger partial charge on any atom is 0.325 e. The average molecular weight is 361 g/mol. The molecule has 0 aromatic heterocycles. The largest absolute Gasteiger partial charge is 0.481 e. The Labute approximate surface area is 128 Å². The Morgan fingerprint density at radius 3 is 2.48 bits per heavy atom. The summed E-state index contributed by atoms with van der Waals surface area (Å²) in [6.07, 6.45) is 0.805. The lowest BCUT2D eigenvalue weighted by molar-refractivity contribution is -0.137. The van der Waals surface area contributed by atoms with Gasteiger partial charge in [-0.25, -0.2) is 9.18 Å². The molecule has 0 unspecified atom stereocenters. The Morgan fingerprint density at radius 1 is 1.19 bits per heavy atom. The molecule has 0 spiro atoms. The van der Waals surface area contributed by atoms with Crippen molar-refractivity contribution in [1.82, 2.24) is 5.32 Å². The van der Waals surface area contributed by atoms with Crippen LogP contribution >= 0.6 is 15.9 Å². The van der Waals surface area contributed by atoms with Crippen molar-refractivity contribution in [3.05, 3.63) is 28.5 Å². The van der Waals surface area contributed by atoms with Crippen LogP contribution < -0.4 is 10.6 Å². The highest BCUT2D eigenvalue weighted by Gasteiger charge is 2.09. The van der Waals surface area contributed by atoms with Crippen LogP contribution in [0.4, 0.5) is 14.9 Å². The van der Waals surface area contributed by atoms with E-state index in [2.05, 4.69) is 26.6 Å². The smallest absolute Gasteiger partial charge is 0.325 e. The standard InChI is InChI=1S/C13H14BrFN2O4/c14-9-7-8(5-6-10(9)15)16-13(21)17-11(18)3-1-2-4-12(19)20/h5-7H,1-4H2,(H,19,20)(H2,16,17,18,21). The van der Waals surface area contributed by atoms with Gasteiger partial charge in [0.05, 0.1) is 4.47 Å². The summed E-state index contributed by atoms with van der Waals surface area (Å²) in [5.41, 5.74) is 0.333. The number of imide groups is 1. The van der Waals surface area contributed by atoms with Crippen molar-refractivity contribution >= 4 is 39.5 Å². The van der Waals surface area contributed by atoms with Crippen molar-refractivity contribution < 1.29 is 23.9 Å². The number of benzene rings is 1. The first-order valence-electron chi connectivity index (χ1n) is 6.16. The lowest BCUT2D eigenvalue weighted by Gasteiger charge is -2.07. The van der Waals surface area contributed by atoms with E-state index < -0.39 is 23.7 Å². The number of hydrogen-bond donors (Lipinski definition) is 3. The van der Waals surface area contributed by atoms with Gasteiger partial charge in [0, 0.05) is 18.5 Å². The summed E-state index contributed by atoms with van der Waals surface area (Å²) in [6, 6.07) is 3.17. The van der Waals surface area contributed by atoms with Gasteiger partial charge in [0.2, 0.25) is 5.91 Å². The van der Waals surface area contributed by atoms with Gasteiger partial charge in [-0.2, -0.15) is 0 Å². The van der Waals surface area contributed by atoms with Crippen molar-refractivity contribution in [2.24, 2.45) is 0 Å². The molecule has 3 N–H and O–H groups in total. The van der Waals surface area contributed by atoms with Crippen LogP contribution in [0.5, 0.6) is 0 Å². The van der Waals surface area contributed by atoms with Crippen molar-refractivity contribution in [3.8, 4) is 0 Å². The number of unbranched alkanes of at least 4 members (excludes halogenated alkanes) is 1. The predicted octanol–water partition coefficient (Wildman–Crippen LogP) is 2.88. The number of aliphatic carboxylic acids is 1. The monoisotopic (exact) mass is 360 g/mol. The van der Waals surface area contributed by atoms with Gasteiger partial charge in [0.25, 0.3) is 0 Å². The molecule has 21 heavy (non-hydrogen) atoms. The summed E-state index contributed by atoms with van der Waals surface area (Å²) < 4.78 is 13.2. The number of carbonyl (C=O) groups is 3. The Morgan fingerprint density at radius 2 is 1.86 bits per heavy atom. The van der Waals surface area contributed by atoms with E-state index in [1.54, 1.807) is 0 Å². The predicted molar refractivity (Wildman–Crippen MR) is 77.4 cm³/mol. The van der Waals surface area contributed by atoms with Crippen LogP contribution in [0.25, 0.3) is 0 Å². The van der Waals surface area contributed by atoms with Gasteiger partial charge in [-0.05, 0) is 47.0 Å². The first kappa shape index (κ1) is 17.1. The van der Waals surface area contributed by atoms with Crippen LogP contribution in [-0.2, 0) is 9.59 Å². The van der Waals surface area contributed by atoms with Crippen molar-refractivity contribution in [1.29, 1.82) is 0 Å². The van der Waals surface area contributed by atoms with Gasteiger partial charge in [-0.1, -0.05) is 0 Å². The fraction of sp³-hybridized carbons (Fsp3) is 0.308. The lowest BCUT2D eigenvalue weighted by atomic mass is 10.2. The zero-order chi connectivity index (χ0) is 15.8. The molecule has 114 valence electrons. The molecular weight excluding hydrogens is 347 g/mol. The molecule has 0 bridgehead atoms. The maximum atomic E-state index is 13.0. The highest BCUT2D eigenvalue weighted by molar-refractivity contribution is 9.10. The van der Waals surface area contributed by atoms with Crippen molar-refractivity contribution in [2.75, 3.05) is 5.32 Å². The highest BCUT2D eigenvalue weighted by Crippen LogP contribution is 2.19. The van der Waals surface area contributed by atoms with Crippen molar-refractivity contribution in [3.63, 3.8) is 0 Å². The topological polar surface area (TPSA) is 95.5 Å². The Bertz CT molecular complexity index is 551. The summed E-state index contributed by atoms with van der Waals surface area (Å²) in [5.74, 6) is -1.88. The fourth-order valence-corrected chi connectivity index (χ4v) is 1.87. The van der Waals surface area contributed by atoms with Crippen LogP contribution in [0, 0.1) is 5.82 Å². The van der Waals surface area contributed by atoms with Crippen LogP contribution in [-0.4, -0.2) is 23.0 Å². The summed E-state index contributed by atoms with van der Waals surface area (Å²) in [5, 5.41) is 12.9. The second kappa shape index (κ2) is 8.35. The number of urea groups is 1. The van der Waals surface area contributed by atoms with Crippen molar-refractivity contribution in [2.45, 2.75) is 25.7 Å². The number of nitrogens with one attached hydrogen (secondary N) is 2. The molecule has 8 heteroatoms. The van der Waals surface area contributed by atoms with E-state index >= 15 is 0 Å². The number of halogens is 2. The molecule has 0 atom stereocenters. The molecular formula is C13H14BrFN2O4. The van der Waals surface area contributed by atoms with E-state index in [1.165, 1.54) is 18.2 Å². The van der Waals surface area contributed by atoms with E-state index in [9.17, 15) is 18.8 Å². The minimum absolute atomic E-state index is 0.0108. The highest BCUT2D eigenvalue weighted by atomic mass is 79.9. The van der Waals surface area contributed by atoms with Crippen LogP contribution in [0.2, 0.25) is 0 Å². The third-order valence-corrected chi connectivity index (χ3v) is 3.08. The number of hydrogen-bond acceptors (Lipinski definition) is 3. The zero-order valence-corrected chi connectivity index (χ0v) is 12.6. The van der Waals surface area contributed by atoms with Crippen LogP contribution in [0.3, 0.4) is 0 Å². The summed E-state index contributed by atoms with van der Waals surface area (Å²) in [7, 11) is 0. The molecule has 0 aliphatic rings. The summed E-state index contributed by atoms with van der Waals surface area (Å²) in [4.78, 5) is 33.2. The van der Waals surface area contributed by atoms with Gasteiger partial charge in [0.1, 0.15) is 5.82 Å². The van der Waals surface area contributed by atoms with E-state index in [4.69, 9.17) is 5.11 Å². The second-order valence-electron chi connectivity index (χ2n) is 4.23. The molecule has 0 saturated heterocycles. The molecule has 1 aromatic carbocycles. The molecule has 6 nitrogen and oxygen atoms in total. The van der Waals surface area contributed by atoms with Gasteiger partial charge in [0.15, 0.2) is 0 Å². The van der Waals surface area contributed by atoms with Gasteiger partial charge in [-0.15, -0.1) is 0 Å². The normalized spacial score (nSPS) is 10.0. The van der Waals surface area contributed by atoms with Crippen LogP contribution in [0.15, 0.2) is 22.7 Å². The van der Waals surface area contributed by atoms with Gasteiger partial charge in [-0.3, -0.25) is 14.9 Å². The minimum Gasteiger partial charge on any atom is -0.481 e. The van der Waals surface area contributed by atoms with Crippen LogP contribution in [0.1, 0.15) is 25.7 Å². The first-order valence-corrected chi connectivity index (χ1v) is 6.95. The fourth-order valence-electron chi connectivity index (χ4n) is 1.49. The Kier molecular flexibility index (Phi) is 6.80. The Balaban J connectivity index is 2.34.